The van der Waals surface area contributed by atoms with E-state index < -0.39 is 17.7 Å². The zero-order chi connectivity index (χ0) is 16.0. The number of imide groups is 1. The van der Waals surface area contributed by atoms with Gasteiger partial charge in [0, 0.05) is 5.39 Å². The molecule has 2 aromatic carbocycles. The Morgan fingerprint density at radius 3 is 2.13 bits per heavy atom. The van der Waals surface area contributed by atoms with Crippen molar-refractivity contribution in [3.05, 3.63) is 71.7 Å². The molecule has 1 aliphatic heterocycles. The summed E-state index contributed by atoms with van der Waals surface area (Å²) < 4.78 is 4.97. The summed E-state index contributed by atoms with van der Waals surface area (Å²) in [7, 11) is 0. The topological polar surface area (TPSA) is 79.6 Å². The van der Waals surface area contributed by atoms with Crippen molar-refractivity contribution < 1.29 is 18.8 Å². The quantitative estimate of drug-likeness (QED) is 0.737. The summed E-state index contributed by atoms with van der Waals surface area (Å²) in [5.74, 6) is -1.79. The van der Waals surface area contributed by atoms with E-state index in [-0.39, 0.29) is 5.76 Å². The van der Waals surface area contributed by atoms with Crippen LogP contribution in [0.4, 0.5) is 0 Å². The maximum atomic E-state index is 12.6. The minimum atomic E-state index is -0.664. The number of carbonyl (C=O) groups excluding carboxylic acids is 3. The van der Waals surface area contributed by atoms with Crippen molar-refractivity contribution in [3.63, 3.8) is 0 Å². The van der Waals surface area contributed by atoms with Crippen molar-refractivity contribution >= 4 is 28.5 Å². The van der Waals surface area contributed by atoms with Gasteiger partial charge < -0.3 is 4.42 Å². The van der Waals surface area contributed by atoms with Crippen LogP contribution in [0.2, 0.25) is 0 Å². The smallest absolute Gasteiger partial charge is 0.305 e. The van der Waals surface area contributed by atoms with Crippen LogP contribution >= 0.6 is 0 Å². The predicted molar refractivity (Wildman–Crippen MR) is 80.6 cm³/mol. The fourth-order valence-electron chi connectivity index (χ4n) is 2.70. The molecule has 0 saturated carbocycles. The molecule has 23 heavy (non-hydrogen) atoms. The number of hydrogen-bond acceptors (Lipinski definition) is 4. The molecule has 0 bridgehead atoms. The zero-order valence-electron chi connectivity index (χ0n) is 11.8. The zero-order valence-corrected chi connectivity index (χ0v) is 11.8. The van der Waals surface area contributed by atoms with Gasteiger partial charge in [-0.2, -0.15) is 5.01 Å². The van der Waals surface area contributed by atoms with Gasteiger partial charge >= 0.3 is 5.91 Å². The maximum Gasteiger partial charge on any atom is 0.305 e. The summed E-state index contributed by atoms with van der Waals surface area (Å²) in [6.07, 6.45) is 1.34. The summed E-state index contributed by atoms with van der Waals surface area (Å²) in [5, 5.41) is 2.13. The first-order chi connectivity index (χ1) is 11.2. The number of nitrogens with one attached hydrogen (secondary N) is 1. The number of rotatable bonds is 2. The van der Waals surface area contributed by atoms with E-state index in [0.717, 1.165) is 10.4 Å². The largest absolute Gasteiger partial charge is 0.459 e. The molecule has 3 aromatic rings. The number of hydrazine groups is 1. The molecule has 1 aromatic heterocycles. The third kappa shape index (κ3) is 1.92. The minimum Gasteiger partial charge on any atom is -0.459 e. The number of amides is 3. The van der Waals surface area contributed by atoms with Gasteiger partial charge in [0.15, 0.2) is 5.76 Å². The number of carbonyl (C=O) groups is 3. The van der Waals surface area contributed by atoms with Crippen molar-refractivity contribution in [2.45, 2.75) is 0 Å². The lowest BCUT2D eigenvalue weighted by Crippen LogP contribution is -2.51. The predicted octanol–water partition coefficient (Wildman–Crippen LogP) is 2.37. The number of furan rings is 1. The summed E-state index contributed by atoms with van der Waals surface area (Å²) >= 11 is 0. The lowest BCUT2D eigenvalue weighted by molar-refractivity contribution is 0.0472. The molecular formula is C17H10N2O4. The van der Waals surface area contributed by atoms with Gasteiger partial charge in [-0.3, -0.25) is 19.8 Å². The average Bonchev–Trinajstić information content (AvgIpc) is 3.11. The molecule has 0 unspecified atom stereocenters. The van der Waals surface area contributed by atoms with Gasteiger partial charge in [0.1, 0.15) is 0 Å². The van der Waals surface area contributed by atoms with Crippen LogP contribution in [0.15, 0.2) is 59.2 Å². The van der Waals surface area contributed by atoms with Crippen LogP contribution in [-0.4, -0.2) is 22.7 Å². The van der Waals surface area contributed by atoms with Crippen LogP contribution in [0.5, 0.6) is 0 Å². The van der Waals surface area contributed by atoms with E-state index >= 15 is 0 Å². The molecule has 4 rings (SSSR count). The maximum absolute atomic E-state index is 12.6. The molecule has 0 saturated heterocycles. The Labute approximate surface area is 130 Å². The highest BCUT2D eigenvalue weighted by atomic mass is 16.3. The van der Waals surface area contributed by atoms with Crippen molar-refractivity contribution in [3.8, 4) is 0 Å². The molecule has 1 aliphatic rings. The molecule has 6 heteroatoms. The molecule has 2 heterocycles. The van der Waals surface area contributed by atoms with Crippen LogP contribution < -0.4 is 5.43 Å². The summed E-state index contributed by atoms with van der Waals surface area (Å²) in [5.41, 5.74) is 3.05. The van der Waals surface area contributed by atoms with Crippen LogP contribution in [-0.2, 0) is 0 Å². The SMILES string of the molecule is O=C(NN1C(=O)c2cccc3cccc(c23)C1=O)c1ccco1. The van der Waals surface area contributed by atoms with Gasteiger partial charge in [-0.15, -0.1) is 0 Å². The highest BCUT2D eigenvalue weighted by molar-refractivity contribution is 6.25. The van der Waals surface area contributed by atoms with E-state index in [9.17, 15) is 14.4 Å². The molecule has 3 amide bonds. The molecule has 0 spiro atoms. The average molecular weight is 306 g/mol. The van der Waals surface area contributed by atoms with Gasteiger partial charge in [0.05, 0.1) is 17.4 Å². The first-order valence-electron chi connectivity index (χ1n) is 6.92. The summed E-state index contributed by atoms with van der Waals surface area (Å²) in [6, 6.07) is 13.4. The fraction of sp³-hybridized carbons (Fsp3) is 0. The summed E-state index contributed by atoms with van der Waals surface area (Å²) in [6.45, 7) is 0. The van der Waals surface area contributed by atoms with E-state index in [1.807, 2.05) is 12.1 Å². The fourth-order valence-corrected chi connectivity index (χ4v) is 2.70. The normalized spacial score (nSPS) is 13.5. The Balaban J connectivity index is 1.79. The third-order valence-corrected chi connectivity index (χ3v) is 3.73. The molecule has 0 atom stereocenters. The van der Waals surface area contributed by atoms with E-state index in [1.54, 1.807) is 30.3 Å². The van der Waals surface area contributed by atoms with Crippen molar-refractivity contribution in [1.82, 2.24) is 10.4 Å². The van der Waals surface area contributed by atoms with Gasteiger partial charge in [-0.25, -0.2) is 0 Å². The minimum absolute atomic E-state index is 0.0164. The van der Waals surface area contributed by atoms with Crippen LogP contribution in [0, 0.1) is 0 Å². The molecule has 0 radical (unpaired) electrons. The van der Waals surface area contributed by atoms with E-state index in [1.165, 1.54) is 12.3 Å². The van der Waals surface area contributed by atoms with Gasteiger partial charge in [-0.05, 0) is 29.7 Å². The Hall–Kier alpha value is -3.41. The van der Waals surface area contributed by atoms with Crippen LogP contribution in [0.1, 0.15) is 31.3 Å². The molecule has 1 N–H and O–H groups in total. The molecule has 6 nitrogen and oxygen atoms in total. The number of nitrogens with zero attached hydrogens (tertiary/aromatic N) is 1. The lowest BCUT2D eigenvalue weighted by Gasteiger charge is -2.26. The first-order valence-corrected chi connectivity index (χ1v) is 6.92. The number of benzene rings is 2. The van der Waals surface area contributed by atoms with Crippen LogP contribution in [0.3, 0.4) is 0 Å². The first kappa shape index (κ1) is 13.3. The highest BCUT2D eigenvalue weighted by Gasteiger charge is 2.34. The summed E-state index contributed by atoms with van der Waals surface area (Å²) in [4.78, 5) is 37.2. The standard InChI is InChI=1S/C17H10N2O4/c20-15(13-8-3-9-23-13)18-19-16(21)11-6-1-4-10-5-2-7-12(14(10)11)17(19)22/h1-9H,(H,18,20). The van der Waals surface area contributed by atoms with Crippen molar-refractivity contribution in [2.24, 2.45) is 0 Å². The number of hydrogen-bond donors (Lipinski definition) is 1. The monoisotopic (exact) mass is 306 g/mol. The van der Waals surface area contributed by atoms with Crippen molar-refractivity contribution in [1.29, 1.82) is 0 Å². The second kappa shape index (κ2) is 4.81. The van der Waals surface area contributed by atoms with E-state index in [0.29, 0.717) is 16.5 Å². The molecular weight excluding hydrogens is 296 g/mol. The van der Waals surface area contributed by atoms with Gasteiger partial charge in [0.25, 0.3) is 11.8 Å². The Bertz CT molecular complexity index is 909. The Morgan fingerprint density at radius 2 is 1.57 bits per heavy atom. The van der Waals surface area contributed by atoms with E-state index in [2.05, 4.69) is 5.43 Å². The second-order valence-electron chi connectivity index (χ2n) is 5.07. The molecule has 0 fully saturated rings. The van der Waals surface area contributed by atoms with E-state index in [4.69, 9.17) is 4.42 Å². The highest BCUT2D eigenvalue weighted by Crippen LogP contribution is 2.29. The molecule has 112 valence electrons. The molecule has 0 aliphatic carbocycles. The lowest BCUT2D eigenvalue weighted by atomic mass is 9.95. The van der Waals surface area contributed by atoms with Crippen molar-refractivity contribution in [2.75, 3.05) is 0 Å². The van der Waals surface area contributed by atoms with Crippen LogP contribution in [0.25, 0.3) is 10.8 Å². The van der Waals surface area contributed by atoms with Gasteiger partial charge in [-0.1, -0.05) is 24.3 Å². The Kier molecular flexibility index (Phi) is 2.77. The Morgan fingerprint density at radius 1 is 0.913 bits per heavy atom. The second-order valence-corrected chi connectivity index (χ2v) is 5.07. The third-order valence-electron chi connectivity index (χ3n) is 3.73. The van der Waals surface area contributed by atoms with Gasteiger partial charge in [0.2, 0.25) is 0 Å².